The van der Waals surface area contributed by atoms with Crippen LogP contribution in [-0.2, 0) is 5.92 Å². The molecule has 2 aromatic rings. The van der Waals surface area contributed by atoms with E-state index in [1.165, 1.54) is 12.4 Å². The lowest BCUT2D eigenvalue weighted by Crippen LogP contribution is -2.26. The third-order valence-corrected chi connectivity index (χ3v) is 5.02. The van der Waals surface area contributed by atoms with E-state index in [1.54, 1.807) is 6.07 Å². The molecule has 1 aromatic carbocycles. The number of hydrogen-bond acceptors (Lipinski definition) is 3. The van der Waals surface area contributed by atoms with Crippen molar-refractivity contribution in [3.8, 4) is 0 Å². The number of pyridine rings is 1. The van der Waals surface area contributed by atoms with Gasteiger partial charge in [-0.25, -0.2) is 13.2 Å². The van der Waals surface area contributed by atoms with Crippen LogP contribution in [0.4, 0.5) is 13.2 Å². The molecule has 0 atom stereocenters. The van der Waals surface area contributed by atoms with Crippen LogP contribution in [0.15, 0.2) is 47.6 Å². The molecule has 0 unspecified atom stereocenters. The van der Waals surface area contributed by atoms with Crippen molar-refractivity contribution in [2.24, 2.45) is 5.92 Å². The summed E-state index contributed by atoms with van der Waals surface area (Å²) in [5.41, 5.74) is 0.214. The van der Waals surface area contributed by atoms with Gasteiger partial charge in [-0.3, -0.25) is 9.78 Å². The van der Waals surface area contributed by atoms with E-state index in [4.69, 9.17) is 0 Å². The largest absolute Gasteiger partial charge is 0.352 e. The molecule has 1 N–H and O–H groups in total. The van der Waals surface area contributed by atoms with Gasteiger partial charge in [0.2, 0.25) is 0 Å². The molecule has 27 heavy (non-hydrogen) atoms. The van der Waals surface area contributed by atoms with Crippen molar-refractivity contribution >= 4 is 17.7 Å². The predicted octanol–water partition coefficient (Wildman–Crippen LogP) is 5.27. The molecule has 1 aromatic heterocycles. The van der Waals surface area contributed by atoms with Crippen molar-refractivity contribution in [3.05, 3.63) is 59.7 Å². The molecular weight excluding hydrogens is 373 g/mol. The Morgan fingerprint density at radius 3 is 2.59 bits per heavy atom. The summed E-state index contributed by atoms with van der Waals surface area (Å²) in [6.07, 6.45) is 3.46. The van der Waals surface area contributed by atoms with Crippen molar-refractivity contribution in [1.29, 1.82) is 0 Å². The number of carbonyl (C=O) groups is 1. The normalized spacial score (nSPS) is 11.6. The molecule has 0 aliphatic rings. The minimum Gasteiger partial charge on any atom is -0.352 e. The summed E-state index contributed by atoms with van der Waals surface area (Å²) in [5.74, 6) is -3.27. The molecule has 0 spiro atoms. The average molecular weight is 396 g/mol. The molecule has 7 heteroatoms. The number of nitrogens with zero attached hydrogens (tertiary/aromatic N) is 1. The van der Waals surface area contributed by atoms with E-state index in [0.717, 1.165) is 42.4 Å². The molecule has 0 radical (unpaired) electrons. The van der Waals surface area contributed by atoms with Crippen LogP contribution in [-0.4, -0.2) is 23.2 Å². The van der Waals surface area contributed by atoms with Gasteiger partial charge in [-0.05, 0) is 30.5 Å². The number of hydrogen-bond donors (Lipinski definition) is 1. The van der Waals surface area contributed by atoms with Crippen molar-refractivity contribution in [1.82, 2.24) is 10.3 Å². The van der Waals surface area contributed by atoms with Crippen LogP contribution < -0.4 is 5.32 Å². The maximum Gasteiger partial charge on any atom is 0.274 e. The molecule has 3 nitrogen and oxygen atoms in total. The molecule has 0 bridgehead atoms. The number of thioether (sulfide) groups is 1. The molecule has 146 valence electrons. The molecule has 1 amide bonds. The molecule has 0 fully saturated rings. The van der Waals surface area contributed by atoms with Gasteiger partial charge in [0.15, 0.2) is 0 Å². The van der Waals surface area contributed by atoms with E-state index in [0.29, 0.717) is 22.9 Å². The molecule has 0 aliphatic carbocycles. The quantitative estimate of drug-likeness (QED) is 0.587. The monoisotopic (exact) mass is 396 g/mol. The van der Waals surface area contributed by atoms with E-state index in [2.05, 4.69) is 24.1 Å². The van der Waals surface area contributed by atoms with E-state index >= 15 is 0 Å². The number of aromatic nitrogens is 1. The number of carbonyl (C=O) groups excluding carboxylic acids is 1. The highest BCUT2D eigenvalue weighted by atomic mass is 32.2. The second-order valence-electron chi connectivity index (χ2n) is 6.62. The van der Waals surface area contributed by atoms with Crippen molar-refractivity contribution in [2.45, 2.75) is 37.5 Å². The summed E-state index contributed by atoms with van der Waals surface area (Å²) in [6.45, 7) is 4.70. The average Bonchev–Trinajstić information content (AvgIpc) is 2.62. The van der Waals surface area contributed by atoms with Gasteiger partial charge in [0.1, 0.15) is 5.82 Å². The first-order valence-corrected chi connectivity index (χ1v) is 9.77. The van der Waals surface area contributed by atoms with Crippen molar-refractivity contribution in [2.75, 3.05) is 12.3 Å². The summed E-state index contributed by atoms with van der Waals surface area (Å²) in [6, 6.07) is 5.83. The van der Waals surface area contributed by atoms with Crippen molar-refractivity contribution < 1.29 is 18.0 Å². The Morgan fingerprint density at radius 1 is 1.22 bits per heavy atom. The molecule has 1 heterocycles. The Labute approximate surface area is 161 Å². The van der Waals surface area contributed by atoms with E-state index in [-0.39, 0.29) is 17.2 Å². The smallest absolute Gasteiger partial charge is 0.274 e. The van der Waals surface area contributed by atoms with E-state index < -0.39 is 18.2 Å². The fourth-order valence-corrected chi connectivity index (χ4v) is 3.41. The van der Waals surface area contributed by atoms with Crippen LogP contribution in [0.2, 0.25) is 0 Å². The van der Waals surface area contributed by atoms with Gasteiger partial charge in [-0.15, -0.1) is 11.8 Å². The van der Waals surface area contributed by atoms with Crippen LogP contribution in [0.1, 0.15) is 42.6 Å². The fourth-order valence-electron chi connectivity index (χ4n) is 2.38. The zero-order chi connectivity index (χ0) is 19.9. The number of benzene rings is 1. The zero-order valence-corrected chi connectivity index (χ0v) is 16.2. The number of halogens is 3. The zero-order valence-electron chi connectivity index (χ0n) is 15.3. The number of amides is 1. The van der Waals surface area contributed by atoms with Crippen LogP contribution in [0, 0.1) is 11.7 Å². The van der Waals surface area contributed by atoms with E-state index in [1.807, 2.05) is 0 Å². The minimum absolute atomic E-state index is 0.0995. The molecule has 0 saturated carbocycles. The lowest BCUT2D eigenvalue weighted by atomic mass is 10.1. The number of rotatable bonds is 9. The topological polar surface area (TPSA) is 42.0 Å². The van der Waals surface area contributed by atoms with Crippen LogP contribution in [0.5, 0.6) is 0 Å². The van der Waals surface area contributed by atoms with Crippen LogP contribution in [0.3, 0.4) is 0 Å². The predicted molar refractivity (Wildman–Crippen MR) is 102 cm³/mol. The number of alkyl halides is 2. The highest BCUT2D eigenvalue weighted by molar-refractivity contribution is 7.99. The second-order valence-corrected chi connectivity index (χ2v) is 7.76. The van der Waals surface area contributed by atoms with Gasteiger partial charge in [-0.1, -0.05) is 26.0 Å². The maximum absolute atomic E-state index is 14.3. The van der Waals surface area contributed by atoms with Gasteiger partial charge < -0.3 is 5.32 Å². The third kappa shape index (κ3) is 6.57. The van der Waals surface area contributed by atoms with Gasteiger partial charge in [0, 0.05) is 41.6 Å². The highest BCUT2D eigenvalue weighted by Crippen LogP contribution is 2.34. The summed E-state index contributed by atoms with van der Waals surface area (Å²) < 4.78 is 41.4. The summed E-state index contributed by atoms with van der Waals surface area (Å²) >= 11 is 1.16. The first kappa shape index (κ1) is 21.3. The Bertz CT molecular complexity index is 751. The first-order chi connectivity index (χ1) is 12.8. The van der Waals surface area contributed by atoms with E-state index in [9.17, 15) is 18.0 Å². The third-order valence-electron chi connectivity index (χ3n) is 3.98. The summed E-state index contributed by atoms with van der Waals surface area (Å²) in [4.78, 5) is 16.9. The highest BCUT2D eigenvalue weighted by Gasteiger charge is 2.31. The number of nitrogens with one attached hydrogen (secondary N) is 1. The molecule has 0 saturated heterocycles. The van der Waals surface area contributed by atoms with Gasteiger partial charge in [0.25, 0.3) is 11.8 Å². The standard InChI is InChI=1S/C20H23F3N2OS/c1-14(2)7-11-25-19(26)17-8-10-24-13-18(17)27-12-9-20(22,23)15-3-5-16(21)6-4-15/h3-6,8,10,13-14H,7,9,11-12H2,1-2H3,(H,25,26). The van der Waals surface area contributed by atoms with Gasteiger partial charge in [-0.2, -0.15) is 0 Å². The first-order valence-electron chi connectivity index (χ1n) is 8.78. The molecule has 0 aliphatic heterocycles. The van der Waals surface area contributed by atoms with Gasteiger partial charge in [0.05, 0.1) is 5.56 Å². The van der Waals surface area contributed by atoms with Crippen LogP contribution in [0.25, 0.3) is 0 Å². The molecule has 2 rings (SSSR count). The Morgan fingerprint density at radius 2 is 1.93 bits per heavy atom. The van der Waals surface area contributed by atoms with Crippen molar-refractivity contribution in [3.63, 3.8) is 0 Å². The second kappa shape index (κ2) is 9.78. The maximum atomic E-state index is 14.3. The van der Waals surface area contributed by atoms with Crippen LogP contribution >= 0.6 is 11.8 Å². The Hall–Kier alpha value is -2.02. The Balaban J connectivity index is 1.95. The Kier molecular flexibility index (Phi) is 7.71. The lowest BCUT2D eigenvalue weighted by molar-refractivity contribution is -0.00706. The fraction of sp³-hybridized carbons (Fsp3) is 0.400. The summed E-state index contributed by atoms with van der Waals surface area (Å²) in [5, 5.41) is 2.84. The summed E-state index contributed by atoms with van der Waals surface area (Å²) in [7, 11) is 0. The minimum atomic E-state index is -3.07. The van der Waals surface area contributed by atoms with Gasteiger partial charge >= 0.3 is 0 Å². The molecular formula is C20H23F3N2OS. The SMILES string of the molecule is CC(C)CCNC(=O)c1ccncc1SCCC(F)(F)c1ccc(F)cc1. The lowest BCUT2D eigenvalue weighted by Gasteiger charge is -2.17.